The number of rotatable bonds is 6. The van der Waals surface area contributed by atoms with E-state index < -0.39 is 14.4 Å². The highest BCUT2D eigenvalue weighted by Gasteiger charge is 2.40. The van der Waals surface area contributed by atoms with E-state index in [1.54, 1.807) is 6.92 Å². The van der Waals surface area contributed by atoms with Crippen LogP contribution in [-0.2, 0) is 14.0 Å². The van der Waals surface area contributed by atoms with Crippen LogP contribution in [0.1, 0.15) is 34.1 Å². The molecule has 0 fully saturated rings. The van der Waals surface area contributed by atoms with Crippen molar-refractivity contribution < 1.29 is 19.1 Å². The summed E-state index contributed by atoms with van der Waals surface area (Å²) >= 11 is 0. The molecule has 0 spiro atoms. The topological polar surface area (TPSA) is 55.8 Å². The van der Waals surface area contributed by atoms with Crippen molar-refractivity contribution in [3.05, 3.63) is 0 Å². The van der Waals surface area contributed by atoms with Gasteiger partial charge >= 0.3 is 5.97 Å². The third-order valence-electron chi connectivity index (χ3n) is 3.18. The number of ether oxygens (including phenoxy) is 1. The maximum absolute atomic E-state index is 11.7. The van der Waals surface area contributed by atoms with Gasteiger partial charge in [-0.2, -0.15) is 0 Å². The molecule has 17 heavy (non-hydrogen) atoms. The van der Waals surface area contributed by atoms with Crippen molar-refractivity contribution in [3.8, 4) is 0 Å². The summed E-state index contributed by atoms with van der Waals surface area (Å²) in [4.78, 5) is 11.7. The molecule has 4 nitrogen and oxygen atoms in total. The monoisotopic (exact) mass is 262 g/mol. The fraction of sp³-hybridized carbons (Fsp3) is 0.917. The standard InChI is InChI=1S/C12H26O4Si/c1-7-15-11(14)10(8-9-13)16-17(5,6)12(2,3)4/h10,13H,7-9H2,1-6H3/t10-/m1/s1. The second kappa shape index (κ2) is 6.52. The normalized spacial score (nSPS) is 14.5. The Morgan fingerprint density at radius 1 is 1.35 bits per heavy atom. The molecule has 1 atom stereocenters. The first-order valence-corrected chi connectivity index (χ1v) is 9.02. The van der Waals surface area contributed by atoms with Gasteiger partial charge in [0.1, 0.15) is 6.10 Å². The molecule has 0 saturated heterocycles. The smallest absolute Gasteiger partial charge is 0.334 e. The van der Waals surface area contributed by atoms with Crippen LogP contribution in [0.25, 0.3) is 0 Å². The van der Waals surface area contributed by atoms with Gasteiger partial charge < -0.3 is 14.3 Å². The first-order valence-electron chi connectivity index (χ1n) is 6.11. The first-order chi connectivity index (χ1) is 7.65. The van der Waals surface area contributed by atoms with Crippen LogP contribution < -0.4 is 0 Å². The summed E-state index contributed by atoms with van der Waals surface area (Å²) in [5.74, 6) is -0.369. The second-order valence-corrected chi connectivity index (χ2v) is 10.4. The Bertz CT molecular complexity index is 245. The van der Waals surface area contributed by atoms with Crippen molar-refractivity contribution in [3.63, 3.8) is 0 Å². The summed E-state index contributed by atoms with van der Waals surface area (Å²) in [5, 5.41) is 9.02. The lowest BCUT2D eigenvalue weighted by Crippen LogP contribution is -2.46. The minimum absolute atomic E-state index is 0.0349. The molecule has 0 rings (SSSR count). The maximum Gasteiger partial charge on any atom is 0.334 e. The zero-order chi connectivity index (χ0) is 13.7. The van der Waals surface area contributed by atoms with Crippen LogP contribution in [0, 0.1) is 0 Å². The lowest BCUT2D eigenvalue weighted by atomic mass is 10.2. The van der Waals surface area contributed by atoms with E-state index in [4.69, 9.17) is 14.3 Å². The van der Waals surface area contributed by atoms with Gasteiger partial charge in [0.15, 0.2) is 8.32 Å². The molecule has 0 aromatic rings. The molecule has 0 radical (unpaired) electrons. The van der Waals surface area contributed by atoms with Gasteiger partial charge in [-0.25, -0.2) is 4.79 Å². The van der Waals surface area contributed by atoms with E-state index in [0.29, 0.717) is 13.0 Å². The lowest BCUT2D eigenvalue weighted by Gasteiger charge is -2.38. The summed E-state index contributed by atoms with van der Waals surface area (Å²) in [6.45, 7) is 12.5. The molecule has 0 aliphatic heterocycles. The SMILES string of the molecule is CCOC(=O)[C@@H](CCO)O[Si](C)(C)C(C)(C)C. The molecule has 0 aromatic carbocycles. The van der Waals surface area contributed by atoms with Crippen LogP contribution in [0.3, 0.4) is 0 Å². The molecule has 102 valence electrons. The third-order valence-corrected chi connectivity index (χ3v) is 7.67. The number of carbonyl (C=O) groups excluding carboxylic acids is 1. The van der Waals surface area contributed by atoms with E-state index in [2.05, 4.69) is 33.9 Å². The maximum atomic E-state index is 11.7. The van der Waals surface area contributed by atoms with E-state index in [9.17, 15) is 4.79 Å². The van der Waals surface area contributed by atoms with Crippen LogP contribution in [0.5, 0.6) is 0 Å². The van der Waals surface area contributed by atoms with E-state index in [-0.39, 0.29) is 17.6 Å². The van der Waals surface area contributed by atoms with Crippen LogP contribution in [0.2, 0.25) is 18.1 Å². The van der Waals surface area contributed by atoms with Crippen LogP contribution in [0.4, 0.5) is 0 Å². The van der Waals surface area contributed by atoms with Gasteiger partial charge in [0.05, 0.1) is 6.61 Å². The average molecular weight is 262 g/mol. The highest BCUT2D eigenvalue weighted by atomic mass is 28.4. The van der Waals surface area contributed by atoms with E-state index in [0.717, 1.165) is 0 Å². The molecule has 1 N–H and O–H groups in total. The number of hydrogen-bond donors (Lipinski definition) is 1. The Kier molecular flexibility index (Phi) is 6.36. The quantitative estimate of drug-likeness (QED) is 0.589. The van der Waals surface area contributed by atoms with Crippen LogP contribution >= 0.6 is 0 Å². The van der Waals surface area contributed by atoms with Gasteiger partial charge in [0.2, 0.25) is 0 Å². The Labute approximate surface area is 105 Å². The number of aliphatic hydroxyl groups is 1. The number of aliphatic hydroxyl groups excluding tert-OH is 1. The summed E-state index contributed by atoms with van der Waals surface area (Å²) < 4.78 is 10.9. The summed E-state index contributed by atoms with van der Waals surface area (Å²) in [7, 11) is -2.01. The molecule has 0 unspecified atom stereocenters. The van der Waals surface area contributed by atoms with Gasteiger partial charge in [-0.05, 0) is 25.1 Å². The van der Waals surface area contributed by atoms with Gasteiger partial charge in [-0.1, -0.05) is 20.8 Å². The van der Waals surface area contributed by atoms with Gasteiger partial charge in [0, 0.05) is 13.0 Å². The first kappa shape index (κ1) is 16.6. The van der Waals surface area contributed by atoms with E-state index in [1.165, 1.54) is 0 Å². The van der Waals surface area contributed by atoms with Crippen molar-refractivity contribution in [2.75, 3.05) is 13.2 Å². The second-order valence-electron chi connectivity index (χ2n) is 5.63. The predicted octanol–water partition coefficient (Wildman–Crippen LogP) is 2.32. The number of esters is 1. The molecule has 0 amide bonds. The summed E-state index contributed by atoms with van der Waals surface area (Å²) in [6.07, 6.45) is -0.341. The van der Waals surface area contributed by atoms with Crippen molar-refractivity contribution in [1.82, 2.24) is 0 Å². The van der Waals surface area contributed by atoms with Gasteiger partial charge in [-0.15, -0.1) is 0 Å². The predicted molar refractivity (Wildman–Crippen MR) is 70.4 cm³/mol. The van der Waals surface area contributed by atoms with E-state index >= 15 is 0 Å². The zero-order valence-electron chi connectivity index (χ0n) is 11.9. The minimum atomic E-state index is -2.01. The Balaban J connectivity index is 4.70. The largest absolute Gasteiger partial charge is 0.464 e. The molecular formula is C12H26O4Si. The Morgan fingerprint density at radius 3 is 2.24 bits per heavy atom. The summed E-state index contributed by atoms with van der Waals surface area (Å²) in [5.41, 5.74) is 0. The number of hydrogen-bond acceptors (Lipinski definition) is 4. The molecular weight excluding hydrogens is 236 g/mol. The van der Waals surface area contributed by atoms with Crippen molar-refractivity contribution in [1.29, 1.82) is 0 Å². The van der Waals surface area contributed by atoms with E-state index in [1.807, 2.05) is 0 Å². The van der Waals surface area contributed by atoms with Crippen molar-refractivity contribution >= 4 is 14.3 Å². The van der Waals surface area contributed by atoms with Gasteiger partial charge in [0.25, 0.3) is 0 Å². The average Bonchev–Trinajstić information content (AvgIpc) is 2.15. The Hall–Kier alpha value is -0.393. The van der Waals surface area contributed by atoms with Crippen molar-refractivity contribution in [2.45, 2.75) is 58.4 Å². The Morgan fingerprint density at radius 2 is 1.88 bits per heavy atom. The van der Waals surface area contributed by atoms with Gasteiger partial charge in [-0.3, -0.25) is 0 Å². The molecule has 0 heterocycles. The molecule has 0 saturated carbocycles. The molecule has 0 bridgehead atoms. The van der Waals surface area contributed by atoms with Crippen LogP contribution in [-0.4, -0.2) is 38.7 Å². The molecule has 0 aliphatic rings. The molecule has 5 heteroatoms. The fourth-order valence-corrected chi connectivity index (χ4v) is 2.39. The van der Waals surface area contributed by atoms with Crippen LogP contribution in [0.15, 0.2) is 0 Å². The highest BCUT2D eigenvalue weighted by Crippen LogP contribution is 2.37. The summed E-state index contributed by atoms with van der Waals surface area (Å²) in [6, 6.07) is 0. The fourth-order valence-electron chi connectivity index (χ4n) is 1.11. The number of carbonyl (C=O) groups is 1. The zero-order valence-corrected chi connectivity index (χ0v) is 12.9. The minimum Gasteiger partial charge on any atom is -0.464 e. The van der Waals surface area contributed by atoms with Crippen molar-refractivity contribution in [2.24, 2.45) is 0 Å². The molecule has 0 aromatic heterocycles. The lowest BCUT2D eigenvalue weighted by molar-refractivity contribution is -0.152. The highest BCUT2D eigenvalue weighted by molar-refractivity contribution is 6.74. The molecule has 0 aliphatic carbocycles. The third kappa shape index (κ3) is 5.19.